The Labute approximate surface area is 112 Å². The quantitative estimate of drug-likeness (QED) is 0.825. The van der Waals surface area contributed by atoms with E-state index in [2.05, 4.69) is 0 Å². The average Bonchev–Trinajstić information content (AvgIpc) is 2.27. The van der Waals surface area contributed by atoms with Gasteiger partial charge in [-0.15, -0.1) is 0 Å². The summed E-state index contributed by atoms with van der Waals surface area (Å²) in [7, 11) is 0. The average molecular weight is 300 g/mol. The molecule has 1 aromatic rings. The lowest BCUT2D eigenvalue weighted by Gasteiger charge is -2.22. The number of carbonyl (C=O) groups is 1. The molecule has 1 amide bonds. The molecular weight excluding hydrogens is 290 g/mol. The van der Waals surface area contributed by atoms with Gasteiger partial charge in [0.1, 0.15) is 6.54 Å². The van der Waals surface area contributed by atoms with Gasteiger partial charge in [0, 0.05) is 12.1 Å². The molecule has 0 heterocycles. The monoisotopic (exact) mass is 299 g/mol. The molecule has 0 saturated heterocycles. The number of rotatable bonds is 3. The second-order valence-electron chi connectivity index (χ2n) is 3.56. The normalized spacial score (nSPS) is 11.4. The van der Waals surface area contributed by atoms with Crippen LogP contribution in [-0.2, 0) is 0 Å². The maximum absolute atomic E-state index is 12.3. The van der Waals surface area contributed by atoms with Gasteiger partial charge >= 0.3 is 6.18 Å². The molecular formula is C11H10Cl2F3NO. The second kappa shape index (κ2) is 5.80. The third kappa shape index (κ3) is 4.07. The van der Waals surface area contributed by atoms with E-state index >= 15 is 0 Å². The van der Waals surface area contributed by atoms with Crippen molar-refractivity contribution in [1.82, 2.24) is 4.90 Å². The van der Waals surface area contributed by atoms with Gasteiger partial charge in [0.15, 0.2) is 0 Å². The largest absolute Gasteiger partial charge is 0.406 e. The zero-order valence-corrected chi connectivity index (χ0v) is 10.9. The van der Waals surface area contributed by atoms with Gasteiger partial charge in [-0.25, -0.2) is 0 Å². The van der Waals surface area contributed by atoms with E-state index in [-0.39, 0.29) is 22.2 Å². The number of hydrogen-bond donors (Lipinski definition) is 0. The second-order valence-corrected chi connectivity index (χ2v) is 4.38. The molecule has 0 N–H and O–H groups in total. The van der Waals surface area contributed by atoms with Crippen LogP contribution >= 0.6 is 23.2 Å². The fourth-order valence-electron chi connectivity index (χ4n) is 1.36. The molecule has 0 unspecified atom stereocenters. The number of alkyl halides is 3. The maximum Gasteiger partial charge on any atom is 0.406 e. The molecule has 0 aliphatic carbocycles. The summed E-state index contributed by atoms with van der Waals surface area (Å²) in [5.41, 5.74) is 0.0792. The number of carbonyl (C=O) groups excluding carboxylic acids is 1. The first-order valence-electron chi connectivity index (χ1n) is 5.05. The van der Waals surface area contributed by atoms with Crippen molar-refractivity contribution in [1.29, 1.82) is 0 Å². The van der Waals surface area contributed by atoms with Gasteiger partial charge < -0.3 is 4.90 Å². The van der Waals surface area contributed by atoms with Crippen LogP contribution < -0.4 is 0 Å². The number of hydrogen-bond acceptors (Lipinski definition) is 1. The predicted octanol–water partition coefficient (Wildman–Crippen LogP) is 4.02. The zero-order valence-electron chi connectivity index (χ0n) is 9.39. The minimum atomic E-state index is -4.43. The van der Waals surface area contributed by atoms with Crippen LogP contribution in [0.25, 0.3) is 0 Å². The van der Waals surface area contributed by atoms with Crippen molar-refractivity contribution >= 4 is 29.1 Å². The Morgan fingerprint density at radius 3 is 2.33 bits per heavy atom. The Kier molecular flexibility index (Phi) is 4.87. The molecule has 1 aromatic carbocycles. The molecule has 0 radical (unpaired) electrons. The Morgan fingerprint density at radius 1 is 1.28 bits per heavy atom. The molecule has 0 aromatic heterocycles. The smallest absolute Gasteiger partial charge is 0.330 e. The van der Waals surface area contributed by atoms with Gasteiger partial charge in [0.05, 0.1) is 10.0 Å². The van der Waals surface area contributed by atoms with E-state index < -0.39 is 18.6 Å². The summed E-state index contributed by atoms with van der Waals surface area (Å²) in [5, 5.41) is 0.373. The summed E-state index contributed by atoms with van der Waals surface area (Å²) in [6, 6.07) is 3.97. The van der Waals surface area contributed by atoms with Crippen molar-refractivity contribution in [3.8, 4) is 0 Å². The Morgan fingerprint density at radius 2 is 1.89 bits per heavy atom. The summed E-state index contributed by atoms with van der Waals surface area (Å²) < 4.78 is 36.8. The summed E-state index contributed by atoms with van der Waals surface area (Å²) >= 11 is 11.4. The molecule has 0 spiro atoms. The summed E-state index contributed by atoms with van der Waals surface area (Å²) in [6.07, 6.45) is -4.43. The molecule has 2 nitrogen and oxygen atoms in total. The summed E-state index contributed by atoms with van der Waals surface area (Å²) in [4.78, 5) is 12.5. The van der Waals surface area contributed by atoms with Crippen LogP contribution in [0.3, 0.4) is 0 Å². The lowest BCUT2D eigenvalue weighted by Crippen LogP contribution is -2.38. The lowest BCUT2D eigenvalue weighted by molar-refractivity contribution is -0.140. The molecule has 0 aliphatic heterocycles. The van der Waals surface area contributed by atoms with E-state index in [1.807, 2.05) is 0 Å². The van der Waals surface area contributed by atoms with Crippen LogP contribution in [-0.4, -0.2) is 30.1 Å². The molecule has 0 atom stereocenters. The summed E-state index contributed by atoms with van der Waals surface area (Å²) in [5.74, 6) is -0.728. The highest BCUT2D eigenvalue weighted by Crippen LogP contribution is 2.24. The van der Waals surface area contributed by atoms with Crippen molar-refractivity contribution in [2.24, 2.45) is 0 Å². The van der Waals surface area contributed by atoms with Crippen molar-refractivity contribution in [3.63, 3.8) is 0 Å². The SMILES string of the molecule is CCN(CC(F)(F)F)C(=O)c1ccc(Cl)c(Cl)c1. The maximum atomic E-state index is 12.3. The Hall–Kier alpha value is -0.940. The number of nitrogens with zero attached hydrogens (tertiary/aromatic N) is 1. The van der Waals surface area contributed by atoms with Gasteiger partial charge in [0.2, 0.25) is 0 Å². The highest BCUT2D eigenvalue weighted by Gasteiger charge is 2.32. The molecule has 1 rings (SSSR count). The van der Waals surface area contributed by atoms with Crippen molar-refractivity contribution < 1.29 is 18.0 Å². The molecule has 0 bridgehead atoms. The predicted molar refractivity (Wildman–Crippen MR) is 64.1 cm³/mol. The van der Waals surface area contributed by atoms with Crippen LogP contribution in [0.2, 0.25) is 10.0 Å². The Balaban J connectivity index is 2.93. The third-order valence-electron chi connectivity index (χ3n) is 2.21. The fraction of sp³-hybridized carbons (Fsp3) is 0.364. The third-order valence-corrected chi connectivity index (χ3v) is 2.94. The molecule has 100 valence electrons. The van der Waals surface area contributed by atoms with Crippen LogP contribution in [0, 0.1) is 0 Å². The van der Waals surface area contributed by atoms with Gasteiger partial charge in [-0.3, -0.25) is 4.79 Å². The van der Waals surface area contributed by atoms with E-state index in [0.29, 0.717) is 4.90 Å². The van der Waals surface area contributed by atoms with Crippen LogP contribution in [0.4, 0.5) is 13.2 Å². The number of amides is 1. The van der Waals surface area contributed by atoms with Gasteiger partial charge in [-0.2, -0.15) is 13.2 Å². The van der Waals surface area contributed by atoms with Crippen LogP contribution in [0.1, 0.15) is 17.3 Å². The number of benzene rings is 1. The van der Waals surface area contributed by atoms with Gasteiger partial charge in [0.25, 0.3) is 5.91 Å². The van der Waals surface area contributed by atoms with Crippen molar-refractivity contribution in [2.45, 2.75) is 13.1 Å². The first-order valence-corrected chi connectivity index (χ1v) is 5.81. The van der Waals surface area contributed by atoms with E-state index in [9.17, 15) is 18.0 Å². The molecule has 7 heteroatoms. The van der Waals surface area contributed by atoms with E-state index in [0.717, 1.165) is 0 Å². The summed E-state index contributed by atoms with van der Waals surface area (Å²) in [6.45, 7) is 0.141. The van der Waals surface area contributed by atoms with E-state index in [4.69, 9.17) is 23.2 Å². The standard InChI is InChI=1S/C11H10Cl2F3NO/c1-2-17(6-11(14,15)16)10(18)7-3-4-8(12)9(13)5-7/h3-5H,2,6H2,1H3. The van der Waals surface area contributed by atoms with Crippen molar-refractivity contribution in [2.75, 3.05) is 13.1 Å². The van der Waals surface area contributed by atoms with E-state index in [1.165, 1.54) is 25.1 Å². The van der Waals surface area contributed by atoms with Crippen molar-refractivity contribution in [3.05, 3.63) is 33.8 Å². The topological polar surface area (TPSA) is 20.3 Å². The Bertz CT molecular complexity index is 448. The van der Waals surface area contributed by atoms with E-state index in [1.54, 1.807) is 0 Å². The minimum Gasteiger partial charge on any atom is -0.330 e. The molecule has 0 saturated carbocycles. The first kappa shape index (κ1) is 15.1. The minimum absolute atomic E-state index is 0.0431. The highest BCUT2D eigenvalue weighted by atomic mass is 35.5. The fourth-order valence-corrected chi connectivity index (χ4v) is 1.65. The molecule has 0 fully saturated rings. The molecule has 0 aliphatic rings. The van der Waals surface area contributed by atoms with Gasteiger partial charge in [-0.05, 0) is 25.1 Å². The zero-order chi connectivity index (χ0) is 13.9. The molecule has 18 heavy (non-hydrogen) atoms. The lowest BCUT2D eigenvalue weighted by atomic mass is 10.2. The van der Waals surface area contributed by atoms with Crippen LogP contribution in [0.15, 0.2) is 18.2 Å². The highest BCUT2D eigenvalue weighted by molar-refractivity contribution is 6.42. The number of halogens is 5. The van der Waals surface area contributed by atoms with Gasteiger partial charge in [-0.1, -0.05) is 23.2 Å². The van der Waals surface area contributed by atoms with Crippen LogP contribution in [0.5, 0.6) is 0 Å². The first-order chi connectivity index (χ1) is 8.24.